The van der Waals surface area contributed by atoms with Gasteiger partial charge >= 0.3 is 5.97 Å². The van der Waals surface area contributed by atoms with Gasteiger partial charge in [-0.15, -0.1) is 11.3 Å². The molecule has 2 saturated heterocycles. The van der Waals surface area contributed by atoms with Crippen LogP contribution >= 0.6 is 11.3 Å². The summed E-state index contributed by atoms with van der Waals surface area (Å²) in [5, 5.41) is 11.9. The van der Waals surface area contributed by atoms with Crippen molar-refractivity contribution in [3.8, 4) is 10.6 Å². The minimum atomic E-state index is -0.778. The van der Waals surface area contributed by atoms with Crippen molar-refractivity contribution in [2.45, 2.75) is 25.4 Å². The van der Waals surface area contributed by atoms with Crippen LogP contribution in [0.3, 0.4) is 0 Å². The van der Waals surface area contributed by atoms with E-state index in [1.165, 1.54) is 11.3 Å². The van der Waals surface area contributed by atoms with Gasteiger partial charge in [-0.25, -0.2) is 4.98 Å². The van der Waals surface area contributed by atoms with Crippen molar-refractivity contribution >= 4 is 23.2 Å². The number of likely N-dealkylation sites (tertiary alicyclic amines) is 1. The van der Waals surface area contributed by atoms with Crippen molar-refractivity contribution in [1.82, 2.24) is 9.88 Å². The van der Waals surface area contributed by atoms with Crippen LogP contribution in [-0.2, 0) is 9.53 Å². The molecule has 1 N–H and O–H groups in total. The highest BCUT2D eigenvalue weighted by Crippen LogP contribution is 2.34. The maximum atomic E-state index is 12.7. The van der Waals surface area contributed by atoms with Crippen molar-refractivity contribution in [3.05, 3.63) is 29.7 Å². The Balaban J connectivity index is 1.37. The predicted molar refractivity (Wildman–Crippen MR) is 93.9 cm³/mol. The number of carboxylic acid groups (broad SMARTS) is 1. The Morgan fingerprint density at radius 3 is 2.77 bits per heavy atom. The third-order valence-electron chi connectivity index (χ3n) is 5.24. The van der Waals surface area contributed by atoms with Crippen LogP contribution in [0.25, 0.3) is 10.6 Å². The van der Waals surface area contributed by atoms with Gasteiger partial charge in [0, 0.05) is 30.6 Å². The van der Waals surface area contributed by atoms with Crippen molar-refractivity contribution in [3.63, 3.8) is 0 Å². The van der Waals surface area contributed by atoms with E-state index in [0.29, 0.717) is 31.8 Å². The van der Waals surface area contributed by atoms with Crippen molar-refractivity contribution in [1.29, 1.82) is 0 Å². The molecule has 0 spiro atoms. The number of carboxylic acids is 1. The van der Waals surface area contributed by atoms with Crippen LogP contribution in [-0.4, -0.2) is 52.7 Å². The molecular weight excluding hydrogens is 356 g/mol. The maximum absolute atomic E-state index is 12.7. The van der Waals surface area contributed by atoms with E-state index in [1.54, 1.807) is 22.8 Å². The first-order valence-corrected chi connectivity index (χ1v) is 9.63. The molecule has 2 aliphatic heterocycles. The van der Waals surface area contributed by atoms with E-state index in [0.717, 1.165) is 23.4 Å². The van der Waals surface area contributed by atoms with Crippen LogP contribution in [0.1, 0.15) is 29.8 Å². The third kappa shape index (κ3) is 3.26. The number of ether oxygens (including phenoxy) is 1. The lowest BCUT2D eigenvalue weighted by Gasteiger charge is -2.35. The van der Waals surface area contributed by atoms with E-state index >= 15 is 0 Å². The fraction of sp³-hybridized carbons (Fsp3) is 0.500. The number of aliphatic carboxylic acids is 1. The van der Waals surface area contributed by atoms with E-state index in [2.05, 4.69) is 4.98 Å². The van der Waals surface area contributed by atoms with Gasteiger partial charge in [0.2, 0.25) is 0 Å². The summed E-state index contributed by atoms with van der Waals surface area (Å²) >= 11 is 1.42. The van der Waals surface area contributed by atoms with Gasteiger partial charge in [-0.1, -0.05) is 0 Å². The van der Waals surface area contributed by atoms with Crippen LogP contribution in [0.5, 0.6) is 0 Å². The summed E-state index contributed by atoms with van der Waals surface area (Å²) in [5.41, 5.74) is 1.32. The Labute approximate surface area is 154 Å². The molecule has 2 atom stereocenters. The van der Waals surface area contributed by atoms with Crippen LogP contribution in [0, 0.1) is 11.8 Å². The lowest BCUT2D eigenvalue weighted by molar-refractivity contribution is -0.145. The summed E-state index contributed by atoms with van der Waals surface area (Å²) in [6, 6.07) is 1.82. The molecule has 1 amide bonds. The number of rotatable bonds is 4. The normalized spacial score (nSPS) is 24.1. The van der Waals surface area contributed by atoms with Crippen molar-refractivity contribution in [2.24, 2.45) is 11.8 Å². The van der Waals surface area contributed by atoms with Gasteiger partial charge in [0.1, 0.15) is 17.0 Å². The lowest BCUT2D eigenvalue weighted by Crippen LogP contribution is -2.43. The second kappa shape index (κ2) is 7.20. The fourth-order valence-electron chi connectivity index (χ4n) is 3.82. The molecule has 0 aliphatic carbocycles. The summed E-state index contributed by atoms with van der Waals surface area (Å²) < 4.78 is 10.7. The molecule has 2 fully saturated rings. The summed E-state index contributed by atoms with van der Waals surface area (Å²) in [7, 11) is 0. The first-order valence-electron chi connectivity index (χ1n) is 8.75. The van der Waals surface area contributed by atoms with Gasteiger partial charge in [-0.2, -0.15) is 0 Å². The minimum absolute atomic E-state index is 0.0726. The Hall–Kier alpha value is -2.19. The largest absolute Gasteiger partial charge is 0.481 e. The molecule has 26 heavy (non-hydrogen) atoms. The molecular formula is C18H20N2O5S. The summed E-state index contributed by atoms with van der Waals surface area (Å²) in [5.74, 6) is -1.07. The number of hydrogen-bond donors (Lipinski definition) is 1. The Morgan fingerprint density at radius 1 is 1.27 bits per heavy atom. The van der Waals surface area contributed by atoms with Gasteiger partial charge in [-0.3, -0.25) is 9.59 Å². The molecule has 0 aromatic carbocycles. The molecule has 4 rings (SSSR count). The van der Waals surface area contributed by atoms with Crippen LogP contribution < -0.4 is 0 Å². The molecule has 7 nitrogen and oxygen atoms in total. The maximum Gasteiger partial charge on any atom is 0.309 e. The van der Waals surface area contributed by atoms with Crippen LogP contribution in [0.15, 0.2) is 28.4 Å². The molecule has 0 bridgehead atoms. The number of piperidine rings is 1. The monoisotopic (exact) mass is 376 g/mol. The van der Waals surface area contributed by atoms with Crippen LogP contribution in [0.2, 0.25) is 0 Å². The second-order valence-electron chi connectivity index (χ2n) is 6.75. The average Bonchev–Trinajstić information content (AvgIpc) is 3.42. The number of thiazole rings is 1. The number of nitrogens with zero attached hydrogens (tertiary/aromatic N) is 2. The van der Waals surface area contributed by atoms with E-state index < -0.39 is 11.9 Å². The third-order valence-corrected chi connectivity index (χ3v) is 6.13. The standard InChI is InChI=1S/C18H20N2O5S/c21-17(14-10-26-16(19-14)12-3-7-24-9-12)20-5-1-11(2-6-20)15-13(18(22)23)4-8-25-15/h3,7,9-11,13,15H,1-2,4-6,8H2,(H,22,23)/t13?,15-/m0/s1. The summed E-state index contributed by atoms with van der Waals surface area (Å²) in [6.07, 6.45) is 5.07. The molecule has 4 heterocycles. The molecule has 0 saturated carbocycles. The van der Waals surface area contributed by atoms with Crippen LogP contribution in [0.4, 0.5) is 0 Å². The molecule has 2 aliphatic rings. The number of furan rings is 1. The topological polar surface area (TPSA) is 92.9 Å². The smallest absolute Gasteiger partial charge is 0.309 e. The highest BCUT2D eigenvalue weighted by atomic mass is 32.1. The summed E-state index contributed by atoms with van der Waals surface area (Å²) in [6.45, 7) is 1.72. The first kappa shape index (κ1) is 17.2. The zero-order valence-corrected chi connectivity index (χ0v) is 15.0. The van der Waals surface area contributed by atoms with Gasteiger partial charge < -0.3 is 19.2 Å². The minimum Gasteiger partial charge on any atom is -0.481 e. The summed E-state index contributed by atoms with van der Waals surface area (Å²) in [4.78, 5) is 30.3. The number of carbonyl (C=O) groups is 2. The SMILES string of the molecule is O=C(O)C1CCO[C@H]1C1CCN(C(=O)c2csc(-c3ccoc3)n2)CC1. The van der Waals surface area contributed by atoms with Gasteiger partial charge in [0.15, 0.2) is 0 Å². The highest BCUT2D eigenvalue weighted by molar-refractivity contribution is 7.13. The first-order chi connectivity index (χ1) is 12.6. The van der Waals surface area contributed by atoms with Gasteiger partial charge in [0.05, 0.1) is 18.3 Å². The molecule has 138 valence electrons. The molecule has 0 radical (unpaired) electrons. The Morgan fingerprint density at radius 2 is 2.08 bits per heavy atom. The fourth-order valence-corrected chi connectivity index (χ4v) is 4.60. The van der Waals surface area contributed by atoms with E-state index in [1.807, 2.05) is 6.07 Å². The Bertz CT molecular complexity index is 779. The Kier molecular flexibility index (Phi) is 4.78. The molecule has 2 aromatic rings. The average molecular weight is 376 g/mol. The van der Waals surface area contributed by atoms with Crippen molar-refractivity contribution in [2.75, 3.05) is 19.7 Å². The number of hydrogen-bond acceptors (Lipinski definition) is 6. The lowest BCUT2D eigenvalue weighted by atomic mass is 9.84. The van der Waals surface area contributed by atoms with E-state index in [-0.39, 0.29) is 17.9 Å². The quantitative estimate of drug-likeness (QED) is 0.882. The van der Waals surface area contributed by atoms with Gasteiger partial charge in [-0.05, 0) is 31.2 Å². The molecule has 8 heteroatoms. The number of aromatic nitrogens is 1. The van der Waals surface area contributed by atoms with Gasteiger partial charge in [0.25, 0.3) is 5.91 Å². The van der Waals surface area contributed by atoms with E-state index in [9.17, 15) is 14.7 Å². The number of amides is 1. The molecule has 1 unspecified atom stereocenters. The van der Waals surface area contributed by atoms with Crippen molar-refractivity contribution < 1.29 is 23.8 Å². The molecule has 2 aromatic heterocycles. The van der Waals surface area contributed by atoms with E-state index in [4.69, 9.17) is 9.15 Å². The number of carbonyl (C=O) groups excluding carboxylic acids is 1. The second-order valence-corrected chi connectivity index (χ2v) is 7.61. The zero-order chi connectivity index (χ0) is 18.1. The zero-order valence-electron chi connectivity index (χ0n) is 14.2. The predicted octanol–water partition coefficient (Wildman–Crippen LogP) is 2.75. The highest BCUT2D eigenvalue weighted by Gasteiger charge is 2.41.